The molecule has 1 atom stereocenters. The second-order valence-electron chi connectivity index (χ2n) is 4.97. The Balaban J connectivity index is 2.58. The maximum Gasteiger partial charge on any atom is 0.410 e. The molecule has 1 aromatic rings. The number of rotatable bonds is 6. The van der Waals surface area contributed by atoms with Gasteiger partial charge < -0.3 is 9.84 Å². The third-order valence-corrected chi connectivity index (χ3v) is 2.80. The first-order valence-electron chi connectivity index (χ1n) is 6.44. The molecular formula is C14H20N2O4. The van der Waals surface area contributed by atoms with Crippen molar-refractivity contribution in [3.05, 3.63) is 30.1 Å². The van der Waals surface area contributed by atoms with Crippen LogP contribution in [0.5, 0.6) is 0 Å². The fraction of sp³-hybridized carbons (Fsp3) is 0.500. The van der Waals surface area contributed by atoms with Gasteiger partial charge in [-0.3, -0.25) is 9.88 Å². The lowest BCUT2D eigenvalue weighted by Crippen LogP contribution is -2.43. The van der Waals surface area contributed by atoms with Gasteiger partial charge >= 0.3 is 12.1 Å². The molecule has 6 heteroatoms. The van der Waals surface area contributed by atoms with Crippen LogP contribution in [0, 0.1) is 5.92 Å². The fourth-order valence-electron chi connectivity index (χ4n) is 1.72. The standard InChI is InChI=1S/C14H20N2O4/c1-10(2)8-12(13(17)18)16(3)14(19)20-9-11-6-4-5-7-15-11/h4-7,10,12H,8-9H2,1-3H3,(H,17,18). The lowest BCUT2D eigenvalue weighted by atomic mass is 10.0. The molecule has 0 bridgehead atoms. The maximum absolute atomic E-state index is 11.9. The number of nitrogens with zero attached hydrogens (tertiary/aromatic N) is 2. The number of hydrogen-bond acceptors (Lipinski definition) is 4. The van der Waals surface area contributed by atoms with Crippen LogP contribution in [-0.2, 0) is 16.1 Å². The van der Waals surface area contributed by atoms with E-state index in [2.05, 4.69) is 4.98 Å². The van der Waals surface area contributed by atoms with Gasteiger partial charge in [0, 0.05) is 13.2 Å². The zero-order chi connectivity index (χ0) is 15.1. The first kappa shape index (κ1) is 15.9. The van der Waals surface area contributed by atoms with Gasteiger partial charge in [-0.05, 0) is 24.5 Å². The molecule has 0 aliphatic carbocycles. The third-order valence-electron chi connectivity index (χ3n) is 2.80. The molecule has 110 valence electrons. The van der Waals surface area contributed by atoms with E-state index >= 15 is 0 Å². The van der Waals surface area contributed by atoms with E-state index in [-0.39, 0.29) is 12.5 Å². The van der Waals surface area contributed by atoms with Crippen LogP contribution in [0.4, 0.5) is 4.79 Å². The Morgan fingerprint density at radius 1 is 1.40 bits per heavy atom. The molecule has 6 nitrogen and oxygen atoms in total. The van der Waals surface area contributed by atoms with Crippen LogP contribution in [0.3, 0.4) is 0 Å². The summed E-state index contributed by atoms with van der Waals surface area (Å²) >= 11 is 0. The molecular weight excluding hydrogens is 260 g/mol. The van der Waals surface area contributed by atoms with Gasteiger partial charge in [0.2, 0.25) is 0 Å². The number of likely N-dealkylation sites (N-methyl/N-ethyl adjacent to an activating group) is 1. The van der Waals surface area contributed by atoms with E-state index in [0.717, 1.165) is 4.90 Å². The predicted molar refractivity (Wildman–Crippen MR) is 73.1 cm³/mol. The largest absolute Gasteiger partial charge is 0.480 e. The van der Waals surface area contributed by atoms with Gasteiger partial charge in [0.15, 0.2) is 0 Å². The van der Waals surface area contributed by atoms with Crippen molar-refractivity contribution in [2.45, 2.75) is 32.9 Å². The Kier molecular flexibility index (Phi) is 5.96. The Labute approximate surface area is 118 Å². The highest BCUT2D eigenvalue weighted by Crippen LogP contribution is 2.12. The summed E-state index contributed by atoms with van der Waals surface area (Å²) in [6.45, 7) is 3.84. The summed E-state index contributed by atoms with van der Waals surface area (Å²) in [6.07, 6.45) is 1.32. The van der Waals surface area contributed by atoms with Crippen LogP contribution in [-0.4, -0.2) is 40.1 Å². The second-order valence-corrected chi connectivity index (χ2v) is 4.97. The average molecular weight is 280 g/mol. The van der Waals surface area contributed by atoms with E-state index in [1.165, 1.54) is 7.05 Å². The van der Waals surface area contributed by atoms with Crippen LogP contribution < -0.4 is 0 Å². The number of ether oxygens (including phenoxy) is 1. The van der Waals surface area contributed by atoms with Crippen LogP contribution in [0.15, 0.2) is 24.4 Å². The summed E-state index contributed by atoms with van der Waals surface area (Å²) in [5, 5.41) is 9.16. The Morgan fingerprint density at radius 2 is 2.10 bits per heavy atom. The number of carbonyl (C=O) groups excluding carboxylic acids is 1. The summed E-state index contributed by atoms with van der Waals surface area (Å²) < 4.78 is 5.06. The number of carboxylic acid groups (broad SMARTS) is 1. The molecule has 1 amide bonds. The molecule has 0 fully saturated rings. The minimum atomic E-state index is -1.03. The van der Waals surface area contributed by atoms with E-state index < -0.39 is 18.1 Å². The van der Waals surface area contributed by atoms with E-state index in [9.17, 15) is 9.59 Å². The van der Waals surface area contributed by atoms with Crippen molar-refractivity contribution in [3.8, 4) is 0 Å². The molecule has 20 heavy (non-hydrogen) atoms. The monoisotopic (exact) mass is 280 g/mol. The Hall–Kier alpha value is -2.11. The fourth-order valence-corrected chi connectivity index (χ4v) is 1.72. The van der Waals surface area contributed by atoms with Crippen molar-refractivity contribution < 1.29 is 19.4 Å². The van der Waals surface area contributed by atoms with Gasteiger partial charge in [-0.2, -0.15) is 0 Å². The summed E-state index contributed by atoms with van der Waals surface area (Å²) in [4.78, 5) is 28.2. The minimum Gasteiger partial charge on any atom is -0.480 e. The lowest BCUT2D eigenvalue weighted by Gasteiger charge is -2.25. The van der Waals surface area contributed by atoms with Crippen LogP contribution >= 0.6 is 0 Å². The SMILES string of the molecule is CC(C)CC(C(=O)O)N(C)C(=O)OCc1ccccn1. The zero-order valence-electron chi connectivity index (χ0n) is 11.9. The van der Waals surface area contributed by atoms with Gasteiger partial charge in [-0.1, -0.05) is 19.9 Å². The quantitative estimate of drug-likeness (QED) is 0.863. The highest BCUT2D eigenvalue weighted by atomic mass is 16.6. The normalized spacial score (nSPS) is 12.0. The molecule has 1 unspecified atom stereocenters. The Bertz CT molecular complexity index is 448. The lowest BCUT2D eigenvalue weighted by molar-refractivity contribution is -0.142. The summed E-state index contributed by atoms with van der Waals surface area (Å²) in [7, 11) is 1.43. The third kappa shape index (κ3) is 4.87. The van der Waals surface area contributed by atoms with Crippen molar-refractivity contribution in [1.29, 1.82) is 0 Å². The second kappa shape index (κ2) is 7.47. The molecule has 1 heterocycles. The van der Waals surface area contributed by atoms with Crippen molar-refractivity contribution >= 4 is 12.1 Å². The molecule has 1 N–H and O–H groups in total. The molecule has 0 aliphatic rings. The molecule has 0 aliphatic heterocycles. The van der Waals surface area contributed by atoms with Crippen LogP contribution in [0.2, 0.25) is 0 Å². The van der Waals surface area contributed by atoms with Gasteiger partial charge in [-0.25, -0.2) is 9.59 Å². The van der Waals surface area contributed by atoms with Crippen molar-refractivity contribution in [2.24, 2.45) is 5.92 Å². The molecule has 0 spiro atoms. The Morgan fingerprint density at radius 3 is 2.60 bits per heavy atom. The topological polar surface area (TPSA) is 79.7 Å². The first-order chi connectivity index (χ1) is 9.41. The summed E-state index contributed by atoms with van der Waals surface area (Å²) in [6, 6.07) is 4.40. The van der Waals surface area contributed by atoms with E-state index in [1.807, 2.05) is 13.8 Å². The maximum atomic E-state index is 11.9. The molecule has 1 aromatic heterocycles. The van der Waals surface area contributed by atoms with Gasteiger partial charge in [0.1, 0.15) is 12.6 Å². The number of carboxylic acids is 1. The van der Waals surface area contributed by atoms with Crippen LogP contribution in [0.1, 0.15) is 26.0 Å². The number of amides is 1. The first-order valence-corrected chi connectivity index (χ1v) is 6.44. The molecule has 0 aromatic carbocycles. The van der Waals surface area contributed by atoms with E-state index in [4.69, 9.17) is 9.84 Å². The van der Waals surface area contributed by atoms with E-state index in [1.54, 1.807) is 24.4 Å². The predicted octanol–water partition coefficient (Wildman–Crippen LogP) is 2.15. The van der Waals surface area contributed by atoms with Crippen molar-refractivity contribution in [2.75, 3.05) is 7.05 Å². The minimum absolute atomic E-state index is 0.0258. The smallest absolute Gasteiger partial charge is 0.410 e. The highest BCUT2D eigenvalue weighted by molar-refractivity contribution is 5.79. The molecule has 0 saturated carbocycles. The van der Waals surface area contributed by atoms with Gasteiger partial charge in [0.25, 0.3) is 0 Å². The summed E-state index contributed by atoms with van der Waals surface area (Å²) in [5.74, 6) is -0.863. The van der Waals surface area contributed by atoms with Gasteiger partial charge in [0.05, 0.1) is 5.69 Å². The molecule has 0 radical (unpaired) electrons. The zero-order valence-corrected chi connectivity index (χ0v) is 11.9. The van der Waals surface area contributed by atoms with Crippen molar-refractivity contribution in [3.63, 3.8) is 0 Å². The number of aliphatic carboxylic acids is 1. The highest BCUT2D eigenvalue weighted by Gasteiger charge is 2.28. The average Bonchev–Trinajstić information content (AvgIpc) is 2.42. The molecule has 0 saturated heterocycles. The number of hydrogen-bond donors (Lipinski definition) is 1. The molecule has 1 rings (SSSR count). The number of aromatic nitrogens is 1. The van der Waals surface area contributed by atoms with Crippen molar-refractivity contribution in [1.82, 2.24) is 9.88 Å². The number of pyridine rings is 1. The number of carbonyl (C=O) groups is 2. The van der Waals surface area contributed by atoms with Gasteiger partial charge in [-0.15, -0.1) is 0 Å². The summed E-state index contributed by atoms with van der Waals surface area (Å²) in [5.41, 5.74) is 0.616. The van der Waals surface area contributed by atoms with Crippen LogP contribution in [0.25, 0.3) is 0 Å². The van der Waals surface area contributed by atoms with E-state index in [0.29, 0.717) is 12.1 Å².